The Bertz CT molecular complexity index is 953. The van der Waals surface area contributed by atoms with E-state index in [2.05, 4.69) is 57.4 Å². The molecule has 0 saturated carbocycles. The molecule has 7 nitrogen and oxygen atoms in total. The number of rotatable bonds is 10. The molecule has 33 heavy (non-hydrogen) atoms. The van der Waals surface area contributed by atoms with Crippen molar-refractivity contribution in [3.8, 4) is 11.5 Å². The lowest BCUT2D eigenvalue weighted by atomic mass is 10.2. The van der Waals surface area contributed by atoms with Gasteiger partial charge in [0.2, 0.25) is 0 Å². The number of ether oxygens (including phenoxy) is 2. The predicted molar refractivity (Wildman–Crippen MR) is 132 cm³/mol. The van der Waals surface area contributed by atoms with Crippen LogP contribution in [0.4, 0.5) is 5.69 Å². The minimum Gasteiger partial charge on any atom is -0.495 e. The van der Waals surface area contributed by atoms with E-state index in [0.717, 1.165) is 69.4 Å². The second-order valence-electron chi connectivity index (χ2n) is 8.52. The molecule has 176 valence electrons. The second kappa shape index (κ2) is 11.7. The van der Waals surface area contributed by atoms with Gasteiger partial charge < -0.3 is 14.4 Å². The van der Waals surface area contributed by atoms with E-state index in [-0.39, 0.29) is 0 Å². The van der Waals surface area contributed by atoms with Crippen molar-refractivity contribution in [1.82, 2.24) is 9.91 Å². The number of nitrogens with zero attached hydrogens (tertiary/aromatic N) is 5. The van der Waals surface area contributed by atoms with Crippen LogP contribution in [-0.2, 0) is 6.54 Å². The number of piperazine rings is 1. The number of allylic oxidation sites excluding steroid dienone is 1. The summed E-state index contributed by atoms with van der Waals surface area (Å²) in [6.07, 6.45) is 4.29. The molecular weight excluding hydrogens is 414 g/mol. The molecule has 2 aromatic carbocycles. The van der Waals surface area contributed by atoms with Crippen molar-refractivity contribution in [2.24, 2.45) is 10.3 Å². The molecule has 2 aromatic rings. The molecule has 0 spiro atoms. The van der Waals surface area contributed by atoms with Gasteiger partial charge in [0.15, 0.2) is 0 Å². The predicted octanol–water partition coefficient (Wildman–Crippen LogP) is 4.76. The monoisotopic (exact) mass is 449 g/mol. The molecule has 0 atom stereocenters. The molecule has 2 aliphatic heterocycles. The highest BCUT2D eigenvalue weighted by Crippen LogP contribution is 2.28. The van der Waals surface area contributed by atoms with Crippen LogP contribution in [0, 0.1) is 0 Å². The number of unbranched alkanes of at least 4 members (excludes halogenated alkanes) is 1. The number of benzene rings is 2. The molecule has 0 aromatic heterocycles. The topological polar surface area (TPSA) is 52.9 Å². The van der Waals surface area contributed by atoms with Gasteiger partial charge in [0.1, 0.15) is 11.5 Å². The molecular formula is C26H35N5O2. The molecule has 0 radical (unpaired) electrons. The van der Waals surface area contributed by atoms with Crippen LogP contribution in [0.3, 0.4) is 0 Å². The summed E-state index contributed by atoms with van der Waals surface area (Å²) in [5, 5.41) is 10.3. The van der Waals surface area contributed by atoms with Gasteiger partial charge in [-0.2, -0.15) is 5.11 Å². The minimum absolute atomic E-state index is 0.670. The fourth-order valence-corrected chi connectivity index (χ4v) is 4.26. The van der Waals surface area contributed by atoms with Crippen LogP contribution in [0.2, 0.25) is 0 Å². The number of para-hydroxylation sites is 2. The lowest BCUT2D eigenvalue weighted by Crippen LogP contribution is -2.46. The SMILES string of the molecule is COc1ccccc1N1CCN(CCCCOc2cccc(CN3N=NCC=C3C)c2)CC1. The summed E-state index contributed by atoms with van der Waals surface area (Å²) in [7, 11) is 1.74. The fraction of sp³-hybridized carbons (Fsp3) is 0.462. The third kappa shape index (κ3) is 6.48. The Labute approximate surface area is 197 Å². The maximum Gasteiger partial charge on any atom is 0.142 e. The Kier molecular flexibility index (Phi) is 8.19. The third-order valence-electron chi connectivity index (χ3n) is 6.21. The fourth-order valence-electron chi connectivity index (χ4n) is 4.26. The lowest BCUT2D eigenvalue weighted by Gasteiger charge is -2.36. The summed E-state index contributed by atoms with van der Waals surface area (Å²) in [5.74, 6) is 1.88. The molecule has 0 unspecified atom stereocenters. The number of hydrogen-bond acceptors (Lipinski definition) is 7. The third-order valence-corrected chi connectivity index (χ3v) is 6.21. The Balaban J connectivity index is 1.14. The molecule has 0 aliphatic carbocycles. The lowest BCUT2D eigenvalue weighted by molar-refractivity contribution is 0.238. The average molecular weight is 450 g/mol. The van der Waals surface area contributed by atoms with E-state index in [1.54, 1.807) is 7.11 Å². The van der Waals surface area contributed by atoms with Gasteiger partial charge in [-0.15, -0.1) is 0 Å². The smallest absolute Gasteiger partial charge is 0.142 e. The summed E-state index contributed by atoms with van der Waals surface area (Å²) in [6.45, 7) is 9.56. The highest BCUT2D eigenvalue weighted by molar-refractivity contribution is 5.58. The standard InChI is InChI=1S/C26H35N5O2/c1-22-12-13-27-28-31(22)21-23-8-7-9-24(20-23)33-19-6-5-14-29-15-17-30(18-16-29)25-10-3-4-11-26(25)32-2/h3-4,7-12,20H,5-6,13-19,21H2,1-2H3. The van der Waals surface area contributed by atoms with Crippen LogP contribution in [0.5, 0.6) is 11.5 Å². The van der Waals surface area contributed by atoms with Crippen molar-refractivity contribution >= 4 is 5.69 Å². The molecule has 0 amide bonds. The quantitative estimate of drug-likeness (QED) is 0.490. The van der Waals surface area contributed by atoms with E-state index in [9.17, 15) is 0 Å². The first-order chi connectivity index (χ1) is 16.2. The van der Waals surface area contributed by atoms with Crippen LogP contribution in [0.1, 0.15) is 25.3 Å². The van der Waals surface area contributed by atoms with E-state index in [1.807, 2.05) is 29.3 Å². The zero-order valence-corrected chi connectivity index (χ0v) is 19.8. The van der Waals surface area contributed by atoms with Crippen molar-refractivity contribution in [1.29, 1.82) is 0 Å². The van der Waals surface area contributed by atoms with Gasteiger partial charge in [-0.1, -0.05) is 29.5 Å². The summed E-state index contributed by atoms with van der Waals surface area (Å²) in [5.41, 5.74) is 3.51. The Morgan fingerprint density at radius 1 is 0.970 bits per heavy atom. The van der Waals surface area contributed by atoms with E-state index in [1.165, 1.54) is 11.3 Å². The van der Waals surface area contributed by atoms with Crippen LogP contribution in [0.25, 0.3) is 0 Å². The van der Waals surface area contributed by atoms with Crippen molar-refractivity contribution in [2.45, 2.75) is 26.3 Å². The average Bonchev–Trinajstić information content (AvgIpc) is 2.86. The van der Waals surface area contributed by atoms with Gasteiger partial charge in [0.05, 0.1) is 32.5 Å². The van der Waals surface area contributed by atoms with Crippen molar-refractivity contribution in [3.05, 3.63) is 65.9 Å². The summed E-state index contributed by atoms with van der Waals surface area (Å²) >= 11 is 0. The van der Waals surface area contributed by atoms with Crippen molar-refractivity contribution < 1.29 is 9.47 Å². The van der Waals surface area contributed by atoms with Gasteiger partial charge in [-0.25, -0.2) is 5.01 Å². The van der Waals surface area contributed by atoms with E-state index in [0.29, 0.717) is 13.1 Å². The van der Waals surface area contributed by atoms with Gasteiger partial charge in [-0.3, -0.25) is 4.90 Å². The van der Waals surface area contributed by atoms with Crippen molar-refractivity contribution in [2.75, 3.05) is 57.9 Å². The van der Waals surface area contributed by atoms with Crippen LogP contribution >= 0.6 is 0 Å². The zero-order chi connectivity index (χ0) is 22.9. The number of hydrogen-bond donors (Lipinski definition) is 0. The van der Waals surface area contributed by atoms with Gasteiger partial charge >= 0.3 is 0 Å². The molecule has 2 aliphatic rings. The molecule has 0 bridgehead atoms. The molecule has 2 heterocycles. The first kappa shape index (κ1) is 23.1. The van der Waals surface area contributed by atoms with Crippen LogP contribution < -0.4 is 14.4 Å². The van der Waals surface area contributed by atoms with Gasteiger partial charge in [0, 0.05) is 31.9 Å². The summed E-state index contributed by atoms with van der Waals surface area (Å²) < 4.78 is 11.5. The molecule has 1 saturated heterocycles. The van der Waals surface area contributed by atoms with Crippen LogP contribution in [-0.4, -0.2) is 62.9 Å². The highest BCUT2D eigenvalue weighted by Gasteiger charge is 2.19. The molecule has 7 heteroatoms. The van der Waals surface area contributed by atoms with Gasteiger partial charge in [0.25, 0.3) is 0 Å². The minimum atomic E-state index is 0.670. The summed E-state index contributed by atoms with van der Waals surface area (Å²) in [6, 6.07) is 16.6. The van der Waals surface area contributed by atoms with E-state index < -0.39 is 0 Å². The number of anilines is 1. The highest BCUT2D eigenvalue weighted by atomic mass is 16.5. The number of methoxy groups -OCH3 is 1. The normalized spacial score (nSPS) is 16.6. The first-order valence-electron chi connectivity index (χ1n) is 11.9. The largest absolute Gasteiger partial charge is 0.495 e. The van der Waals surface area contributed by atoms with Crippen molar-refractivity contribution in [3.63, 3.8) is 0 Å². The molecule has 4 rings (SSSR count). The Morgan fingerprint density at radius 3 is 2.64 bits per heavy atom. The maximum absolute atomic E-state index is 6.02. The Morgan fingerprint density at radius 2 is 1.82 bits per heavy atom. The van der Waals surface area contributed by atoms with E-state index in [4.69, 9.17) is 9.47 Å². The molecule has 1 fully saturated rings. The zero-order valence-electron chi connectivity index (χ0n) is 19.8. The second-order valence-corrected chi connectivity index (χ2v) is 8.52. The maximum atomic E-state index is 6.02. The summed E-state index contributed by atoms with van der Waals surface area (Å²) in [4.78, 5) is 4.98. The van der Waals surface area contributed by atoms with Crippen LogP contribution in [0.15, 0.2) is 70.6 Å². The molecule has 0 N–H and O–H groups in total. The Hall–Kier alpha value is -3.06. The van der Waals surface area contributed by atoms with E-state index >= 15 is 0 Å². The van der Waals surface area contributed by atoms with Gasteiger partial charge in [-0.05, 0) is 62.2 Å². The first-order valence-corrected chi connectivity index (χ1v) is 11.9.